The zero-order valence-electron chi connectivity index (χ0n) is 17.2. The van der Waals surface area contributed by atoms with E-state index in [4.69, 9.17) is 26.1 Å². The fourth-order valence-corrected chi connectivity index (χ4v) is 2.58. The molecule has 1 aromatic heterocycles. The van der Waals surface area contributed by atoms with Gasteiger partial charge in [0.2, 0.25) is 0 Å². The smallest absolute Gasteiger partial charge is 0.475 e. The second-order valence-electron chi connectivity index (χ2n) is 6.45. The van der Waals surface area contributed by atoms with Crippen LogP contribution in [0.25, 0.3) is 0 Å². The van der Waals surface area contributed by atoms with Gasteiger partial charge in [0.15, 0.2) is 11.5 Å². The van der Waals surface area contributed by atoms with Crippen molar-refractivity contribution in [1.82, 2.24) is 21.1 Å². The highest BCUT2D eigenvalue weighted by Gasteiger charge is 2.38. The predicted molar refractivity (Wildman–Crippen MR) is 112 cm³/mol. The van der Waals surface area contributed by atoms with Crippen molar-refractivity contribution in [3.05, 3.63) is 76.3 Å². The minimum atomic E-state index is -5.08. The summed E-state index contributed by atoms with van der Waals surface area (Å²) >= 11 is 5.75. The summed E-state index contributed by atoms with van der Waals surface area (Å²) in [6, 6.07) is 14.0. The minimum Gasteiger partial charge on any atom is -0.475 e. The number of benzene rings is 2. The minimum absolute atomic E-state index is 0.0128. The number of nitrogens with one attached hydrogen (secondary N) is 2. The van der Waals surface area contributed by atoms with Gasteiger partial charge < -0.3 is 10.4 Å². The van der Waals surface area contributed by atoms with E-state index < -0.39 is 18.0 Å². The maximum atomic E-state index is 13.3. The van der Waals surface area contributed by atoms with Crippen LogP contribution in [0.3, 0.4) is 0 Å². The molecule has 14 heteroatoms. The number of hydrogen-bond donors (Lipinski definition) is 4. The number of halogens is 5. The van der Waals surface area contributed by atoms with E-state index in [0.29, 0.717) is 17.9 Å². The summed E-state index contributed by atoms with van der Waals surface area (Å²) in [5, 5.41) is 27.3. The Balaban J connectivity index is 0.000000509. The Labute approximate surface area is 195 Å². The summed E-state index contributed by atoms with van der Waals surface area (Å²) in [5.41, 5.74) is 4.23. The molecule has 0 aliphatic rings. The molecule has 0 bridgehead atoms. The molecule has 3 aromatic rings. The summed E-state index contributed by atoms with van der Waals surface area (Å²) < 4.78 is 49.8. The van der Waals surface area contributed by atoms with Crippen molar-refractivity contribution in [2.24, 2.45) is 4.99 Å². The van der Waals surface area contributed by atoms with Crippen molar-refractivity contribution in [2.45, 2.75) is 19.1 Å². The first kappa shape index (κ1) is 26.7. The molecule has 1 heterocycles. The van der Waals surface area contributed by atoms with Crippen LogP contribution in [-0.4, -0.2) is 45.2 Å². The van der Waals surface area contributed by atoms with E-state index in [1.807, 2.05) is 23.7 Å². The highest BCUT2D eigenvalue weighted by atomic mass is 35.5. The van der Waals surface area contributed by atoms with E-state index >= 15 is 0 Å². The fourth-order valence-electron chi connectivity index (χ4n) is 2.40. The highest BCUT2D eigenvalue weighted by molar-refractivity contribution is 6.31. The van der Waals surface area contributed by atoms with Crippen LogP contribution in [-0.2, 0) is 17.8 Å². The number of rotatable bonds is 7. The Morgan fingerprint density at radius 3 is 2.41 bits per heavy atom. The van der Waals surface area contributed by atoms with Gasteiger partial charge in [0.25, 0.3) is 0 Å². The third kappa shape index (κ3) is 8.42. The second kappa shape index (κ2) is 12.6. The van der Waals surface area contributed by atoms with Gasteiger partial charge in [0.1, 0.15) is 11.5 Å². The lowest BCUT2D eigenvalue weighted by Crippen LogP contribution is -2.24. The van der Waals surface area contributed by atoms with Crippen LogP contribution >= 0.6 is 11.6 Å². The quantitative estimate of drug-likeness (QED) is 0.125. The van der Waals surface area contributed by atoms with Gasteiger partial charge in [0.05, 0.1) is 10.7 Å². The zero-order chi connectivity index (χ0) is 25.1. The first-order valence-electron chi connectivity index (χ1n) is 9.42. The first-order valence-corrected chi connectivity index (χ1v) is 9.80. The number of aromatic nitrogens is 2. The molecular weight excluding hydrogens is 486 g/mol. The Hall–Kier alpha value is -3.55. The molecule has 0 amide bonds. The normalized spacial score (nSPS) is 11.5. The van der Waals surface area contributed by atoms with Crippen LogP contribution in [0.5, 0.6) is 0 Å². The van der Waals surface area contributed by atoms with Crippen LogP contribution in [0.1, 0.15) is 17.0 Å². The summed E-state index contributed by atoms with van der Waals surface area (Å²) in [6.45, 7) is 1.10. The summed E-state index contributed by atoms with van der Waals surface area (Å²) in [4.78, 5) is 13.1. The van der Waals surface area contributed by atoms with E-state index in [1.165, 1.54) is 23.8 Å². The van der Waals surface area contributed by atoms with E-state index in [0.717, 1.165) is 13.0 Å². The molecule has 3 rings (SSSR count). The molecule has 0 aliphatic carbocycles. The lowest BCUT2D eigenvalue weighted by atomic mass is 10.1. The molecule has 0 spiro atoms. The van der Waals surface area contributed by atoms with E-state index in [-0.39, 0.29) is 16.6 Å². The van der Waals surface area contributed by atoms with Gasteiger partial charge in [-0.3, -0.25) is 10.7 Å². The molecule has 0 fully saturated rings. The Morgan fingerprint density at radius 1 is 1.15 bits per heavy atom. The standard InChI is InChI=1S/C18H17ClFN5O2.C2HF3O2/c19-14-10-13(6-7-15(14)20)22-18(23-26)17-16(24-27-25-17)11-21-9-8-12-4-2-1-3-5-12;3-2(4,5)1(6)7/h1-7,10,21,26H,8-9,11H2,(H,22,23);(H,6,7). The topological polar surface area (TPSA) is 133 Å². The predicted octanol–water partition coefficient (Wildman–Crippen LogP) is 3.88. The van der Waals surface area contributed by atoms with Crippen molar-refractivity contribution < 1.29 is 37.3 Å². The molecular formula is C20H18ClF4N5O4. The molecule has 0 saturated carbocycles. The summed E-state index contributed by atoms with van der Waals surface area (Å²) in [6.07, 6.45) is -4.23. The molecule has 0 aliphatic heterocycles. The number of nitrogens with zero attached hydrogens (tertiary/aromatic N) is 3. The zero-order valence-corrected chi connectivity index (χ0v) is 17.9. The molecule has 2 aromatic carbocycles. The Bertz CT molecular complexity index is 1110. The summed E-state index contributed by atoms with van der Waals surface area (Å²) in [7, 11) is 0. The lowest BCUT2D eigenvalue weighted by molar-refractivity contribution is -0.192. The lowest BCUT2D eigenvalue weighted by Gasteiger charge is -2.05. The maximum absolute atomic E-state index is 13.3. The molecule has 9 nitrogen and oxygen atoms in total. The van der Waals surface area contributed by atoms with Gasteiger partial charge in [-0.2, -0.15) is 13.2 Å². The molecule has 0 radical (unpaired) electrons. The molecule has 0 unspecified atom stereocenters. The van der Waals surface area contributed by atoms with Gasteiger partial charge >= 0.3 is 12.1 Å². The average molecular weight is 504 g/mol. The summed E-state index contributed by atoms with van der Waals surface area (Å²) in [5.74, 6) is -3.30. The van der Waals surface area contributed by atoms with E-state index in [1.54, 1.807) is 0 Å². The largest absolute Gasteiger partial charge is 0.490 e. The number of hydroxylamine groups is 1. The molecule has 0 saturated heterocycles. The van der Waals surface area contributed by atoms with Crippen LogP contribution in [0.2, 0.25) is 5.02 Å². The van der Waals surface area contributed by atoms with E-state index in [9.17, 15) is 22.8 Å². The molecule has 34 heavy (non-hydrogen) atoms. The fraction of sp³-hybridized carbons (Fsp3) is 0.200. The van der Waals surface area contributed by atoms with Crippen molar-refractivity contribution >= 4 is 29.1 Å². The van der Waals surface area contributed by atoms with Crippen molar-refractivity contribution in [3.8, 4) is 0 Å². The number of carboxylic acids is 1. The second-order valence-corrected chi connectivity index (χ2v) is 6.85. The first-order chi connectivity index (χ1) is 16.1. The van der Waals surface area contributed by atoms with Gasteiger partial charge in [-0.15, -0.1) is 0 Å². The number of amidine groups is 1. The number of aliphatic imine (C=N–C) groups is 1. The third-order valence-electron chi connectivity index (χ3n) is 4.00. The number of alkyl halides is 3. The van der Waals surface area contributed by atoms with Crippen molar-refractivity contribution in [2.75, 3.05) is 6.54 Å². The number of carbonyl (C=O) groups is 1. The van der Waals surface area contributed by atoms with Gasteiger partial charge in [0, 0.05) is 6.54 Å². The van der Waals surface area contributed by atoms with Crippen LogP contribution in [0.4, 0.5) is 23.2 Å². The van der Waals surface area contributed by atoms with Crippen LogP contribution in [0, 0.1) is 5.82 Å². The van der Waals surface area contributed by atoms with Gasteiger partial charge in [-0.25, -0.2) is 18.8 Å². The van der Waals surface area contributed by atoms with Crippen molar-refractivity contribution in [3.63, 3.8) is 0 Å². The monoisotopic (exact) mass is 503 g/mol. The number of aliphatic carboxylic acids is 1. The molecule has 4 N–H and O–H groups in total. The number of carboxylic acid groups (broad SMARTS) is 1. The Kier molecular flexibility index (Phi) is 9.92. The number of hydrogen-bond acceptors (Lipinski definition) is 7. The maximum Gasteiger partial charge on any atom is 0.490 e. The van der Waals surface area contributed by atoms with E-state index in [2.05, 4.69) is 32.8 Å². The highest BCUT2D eigenvalue weighted by Crippen LogP contribution is 2.22. The van der Waals surface area contributed by atoms with Gasteiger partial charge in [-0.05, 0) is 41.9 Å². The SMILES string of the molecule is O=C(O)C(F)(F)F.ONC(=Nc1ccc(F)c(Cl)c1)c1nonc1CNCCc1ccccc1. The third-order valence-corrected chi connectivity index (χ3v) is 4.29. The van der Waals surface area contributed by atoms with Crippen LogP contribution < -0.4 is 10.8 Å². The van der Waals surface area contributed by atoms with Crippen LogP contribution in [0.15, 0.2) is 58.2 Å². The molecule has 0 atom stereocenters. The average Bonchev–Trinajstić information content (AvgIpc) is 3.26. The van der Waals surface area contributed by atoms with Gasteiger partial charge in [-0.1, -0.05) is 47.1 Å². The van der Waals surface area contributed by atoms with Crippen molar-refractivity contribution in [1.29, 1.82) is 0 Å². The molecule has 182 valence electrons. The Morgan fingerprint density at radius 2 is 1.82 bits per heavy atom.